The van der Waals surface area contributed by atoms with Crippen LogP contribution in [0.4, 0.5) is 5.69 Å². The highest BCUT2D eigenvalue weighted by atomic mass is 35.5. The minimum absolute atomic E-state index is 0.320. The number of benzene rings is 3. The minimum atomic E-state index is -0.405. The second-order valence-corrected chi connectivity index (χ2v) is 7.64. The minimum Gasteiger partial charge on any atom is -0.372 e. The van der Waals surface area contributed by atoms with Crippen LogP contribution in [0.5, 0.6) is 0 Å². The van der Waals surface area contributed by atoms with E-state index in [2.05, 4.69) is 5.32 Å². The number of hydrogen-bond donors (Lipinski definition) is 3. The predicted molar refractivity (Wildman–Crippen MR) is 118 cm³/mol. The van der Waals surface area contributed by atoms with E-state index < -0.39 is 6.04 Å². The molecule has 0 aliphatic heterocycles. The molecule has 0 aliphatic rings. The molecule has 3 rings (SSSR count). The van der Waals surface area contributed by atoms with Gasteiger partial charge in [0.15, 0.2) is 0 Å². The summed E-state index contributed by atoms with van der Waals surface area (Å²) in [6.07, 6.45) is 0. The number of anilines is 1. The Morgan fingerprint density at radius 1 is 0.815 bits per heavy atom. The molecule has 0 heterocycles. The van der Waals surface area contributed by atoms with E-state index >= 15 is 0 Å². The van der Waals surface area contributed by atoms with Crippen molar-refractivity contribution in [2.75, 3.05) is 5.32 Å². The predicted octanol–water partition coefficient (Wildman–Crippen LogP) is 6.88. The third-order valence-corrected chi connectivity index (χ3v) is 5.51. The number of rotatable bonds is 5. The van der Waals surface area contributed by atoms with Gasteiger partial charge in [0, 0.05) is 11.3 Å². The van der Waals surface area contributed by atoms with Crippen molar-refractivity contribution in [3.05, 3.63) is 100 Å². The van der Waals surface area contributed by atoms with Crippen molar-refractivity contribution in [2.45, 2.75) is 6.04 Å². The SMILES string of the molecule is N=C(SC(=N)C(Nc1ccc(Cl)c(Cl)c1)c1ccccc1)c1ccccc1. The maximum Gasteiger partial charge on any atom is 0.100 e. The number of thioether (sulfide) groups is 1. The van der Waals surface area contributed by atoms with Gasteiger partial charge >= 0.3 is 0 Å². The molecule has 136 valence electrons. The standard InChI is InChI=1S/C21H17Cl2N3S/c22-17-12-11-16(13-18(17)23)26-19(14-7-3-1-4-8-14)21(25)27-20(24)15-9-5-2-6-10-15/h1-13,19,24-26H. The van der Waals surface area contributed by atoms with Gasteiger partial charge in [0.05, 0.1) is 21.1 Å². The molecule has 3 nitrogen and oxygen atoms in total. The fourth-order valence-electron chi connectivity index (χ4n) is 2.52. The Morgan fingerprint density at radius 3 is 2.07 bits per heavy atom. The first-order chi connectivity index (χ1) is 13.0. The lowest BCUT2D eigenvalue weighted by Crippen LogP contribution is -2.19. The van der Waals surface area contributed by atoms with Crippen LogP contribution in [0.3, 0.4) is 0 Å². The third kappa shape index (κ3) is 5.13. The summed E-state index contributed by atoms with van der Waals surface area (Å²) in [6, 6.07) is 24.0. The first-order valence-electron chi connectivity index (χ1n) is 8.21. The summed E-state index contributed by atoms with van der Waals surface area (Å²) in [6.45, 7) is 0. The van der Waals surface area contributed by atoms with Gasteiger partial charge < -0.3 is 5.32 Å². The zero-order valence-electron chi connectivity index (χ0n) is 14.2. The number of halogens is 2. The van der Waals surface area contributed by atoms with E-state index in [-0.39, 0.29) is 0 Å². The lowest BCUT2D eigenvalue weighted by molar-refractivity contribution is 1.04. The van der Waals surface area contributed by atoms with Gasteiger partial charge in [-0.3, -0.25) is 10.8 Å². The molecule has 0 saturated carbocycles. The highest BCUT2D eigenvalue weighted by Gasteiger charge is 2.20. The third-order valence-electron chi connectivity index (χ3n) is 3.87. The van der Waals surface area contributed by atoms with Gasteiger partial charge in [0.1, 0.15) is 5.04 Å². The second kappa shape index (κ2) is 9.09. The first-order valence-corrected chi connectivity index (χ1v) is 9.78. The molecule has 0 bridgehead atoms. The highest BCUT2D eigenvalue weighted by Crippen LogP contribution is 2.30. The maximum absolute atomic E-state index is 8.61. The fraction of sp³-hybridized carbons (Fsp3) is 0.0476. The summed E-state index contributed by atoms with van der Waals surface area (Å²) in [7, 11) is 0. The Hall–Kier alpha value is -2.27. The summed E-state index contributed by atoms with van der Waals surface area (Å²) < 4.78 is 0. The van der Waals surface area contributed by atoms with Crippen LogP contribution < -0.4 is 5.32 Å². The van der Waals surface area contributed by atoms with Crippen molar-refractivity contribution in [2.24, 2.45) is 0 Å². The van der Waals surface area contributed by atoms with Crippen LogP contribution in [0.25, 0.3) is 0 Å². The number of hydrogen-bond acceptors (Lipinski definition) is 4. The molecule has 27 heavy (non-hydrogen) atoms. The highest BCUT2D eigenvalue weighted by molar-refractivity contribution is 8.26. The molecule has 0 saturated heterocycles. The van der Waals surface area contributed by atoms with Crippen molar-refractivity contribution < 1.29 is 0 Å². The zero-order chi connectivity index (χ0) is 19.2. The fourth-order valence-corrected chi connectivity index (χ4v) is 3.60. The van der Waals surface area contributed by atoms with E-state index in [0.717, 1.165) is 28.6 Å². The Morgan fingerprint density at radius 2 is 1.44 bits per heavy atom. The lowest BCUT2D eigenvalue weighted by atomic mass is 10.1. The molecule has 6 heteroatoms. The van der Waals surface area contributed by atoms with Crippen LogP contribution in [0.15, 0.2) is 78.9 Å². The zero-order valence-corrected chi connectivity index (χ0v) is 16.6. The first kappa shape index (κ1) is 19.5. The molecule has 3 N–H and O–H groups in total. The van der Waals surface area contributed by atoms with Crippen LogP contribution in [0.2, 0.25) is 10.0 Å². The summed E-state index contributed by atoms with van der Waals surface area (Å²) in [4.78, 5) is 0. The molecule has 0 fully saturated rings. The van der Waals surface area contributed by atoms with E-state index in [1.807, 2.05) is 66.7 Å². The molecule has 0 aromatic heterocycles. The van der Waals surface area contributed by atoms with E-state index in [9.17, 15) is 0 Å². The normalized spacial score (nSPS) is 11.6. The summed E-state index contributed by atoms with van der Waals surface area (Å²) >= 11 is 13.2. The summed E-state index contributed by atoms with van der Waals surface area (Å²) in [5.41, 5.74) is 2.48. The molecule has 0 amide bonds. The molecule has 3 aromatic carbocycles. The molecular formula is C21H17Cl2N3S. The monoisotopic (exact) mass is 413 g/mol. The number of nitrogens with one attached hydrogen (secondary N) is 3. The molecule has 1 atom stereocenters. The van der Waals surface area contributed by atoms with Crippen molar-refractivity contribution >= 4 is 50.7 Å². The van der Waals surface area contributed by atoms with Crippen molar-refractivity contribution in [3.8, 4) is 0 Å². The van der Waals surface area contributed by atoms with Crippen molar-refractivity contribution in [1.29, 1.82) is 10.8 Å². The Bertz CT molecular complexity index is 946. The van der Waals surface area contributed by atoms with Crippen LogP contribution >= 0.6 is 35.0 Å². The molecule has 0 spiro atoms. The van der Waals surface area contributed by atoms with Gasteiger partial charge in [-0.25, -0.2) is 0 Å². The smallest absolute Gasteiger partial charge is 0.100 e. The maximum atomic E-state index is 8.61. The van der Waals surface area contributed by atoms with Crippen LogP contribution in [-0.4, -0.2) is 10.1 Å². The molecule has 0 radical (unpaired) electrons. The second-order valence-electron chi connectivity index (χ2n) is 5.78. The van der Waals surface area contributed by atoms with Gasteiger partial charge in [0.25, 0.3) is 0 Å². The summed E-state index contributed by atoms with van der Waals surface area (Å²) in [5, 5.41) is 21.8. The summed E-state index contributed by atoms with van der Waals surface area (Å²) in [5.74, 6) is 0. The van der Waals surface area contributed by atoms with E-state index in [1.165, 1.54) is 0 Å². The lowest BCUT2D eigenvalue weighted by Gasteiger charge is -2.21. The van der Waals surface area contributed by atoms with Gasteiger partial charge in [-0.05, 0) is 23.8 Å². The largest absolute Gasteiger partial charge is 0.372 e. The molecule has 1 unspecified atom stereocenters. The van der Waals surface area contributed by atoms with Crippen LogP contribution in [0.1, 0.15) is 17.2 Å². The van der Waals surface area contributed by atoms with Gasteiger partial charge in [-0.1, -0.05) is 95.6 Å². The Balaban J connectivity index is 1.84. The molecular weight excluding hydrogens is 397 g/mol. The average molecular weight is 414 g/mol. The Kier molecular flexibility index (Phi) is 6.56. The quantitative estimate of drug-likeness (QED) is 0.315. The van der Waals surface area contributed by atoms with Gasteiger partial charge in [0.2, 0.25) is 0 Å². The Labute approximate surface area is 172 Å². The van der Waals surface area contributed by atoms with E-state index in [0.29, 0.717) is 20.1 Å². The van der Waals surface area contributed by atoms with Crippen LogP contribution in [-0.2, 0) is 0 Å². The van der Waals surface area contributed by atoms with E-state index in [1.54, 1.807) is 12.1 Å². The van der Waals surface area contributed by atoms with Crippen LogP contribution in [0, 0.1) is 10.8 Å². The van der Waals surface area contributed by atoms with Crippen molar-refractivity contribution in [3.63, 3.8) is 0 Å². The topological polar surface area (TPSA) is 59.7 Å². The van der Waals surface area contributed by atoms with Gasteiger partial charge in [-0.2, -0.15) is 0 Å². The molecule has 3 aromatic rings. The van der Waals surface area contributed by atoms with Crippen molar-refractivity contribution in [1.82, 2.24) is 0 Å². The molecule has 0 aliphatic carbocycles. The van der Waals surface area contributed by atoms with E-state index in [4.69, 9.17) is 34.0 Å². The van der Waals surface area contributed by atoms with Gasteiger partial charge in [-0.15, -0.1) is 0 Å². The average Bonchev–Trinajstić information content (AvgIpc) is 2.70.